The van der Waals surface area contributed by atoms with Crippen LogP contribution in [0.4, 0.5) is 0 Å². The molecule has 1 unspecified atom stereocenters. The number of aryl methyl sites for hydroxylation is 1. The minimum atomic E-state index is 0.0687. The first-order valence-corrected chi connectivity index (χ1v) is 6.53. The molecular weight excluding hydrogens is 222 g/mol. The summed E-state index contributed by atoms with van der Waals surface area (Å²) in [7, 11) is 0. The Kier molecular flexibility index (Phi) is 6.11. The zero-order valence-corrected chi connectivity index (χ0v) is 10.4. The summed E-state index contributed by atoms with van der Waals surface area (Å²) in [6, 6.07) is 4.19. The summed E-state index contributed by atoms with van der Waals surface area (Å²) in [4.78, 5) is 12.8. The molecule has 16 heavy (non-hydrogen) atoms. The van der Waals surface area contributed by atoms with Gasteiger partial charge in [0.2, 0.25) is 5.91 Å². The molecule has 4 heteroatoms. The van der Waals surface area contributed by atoms with Gasteiger partial charge in [-0.05, 0) is 37.6 Å². The monoisotopic (exact) mass is 241 g/mol. The summed E-state index contributed by atoms with van der Waals surface area (Å²) in [5, 5.41) is 13.6. The van der Waals surface area contributed by atoms with Crippen LogP contribution in [0.5, 0.6) is 0 Å². The SMILES string of the molecule is CC(CCO)NC(=O)CCCc1cccs1. The van der Waals surface area contributed by atoms with Crippen molar-refractivity contribution >= 4 is 17.2 Å². The molecule has 1 atom stereocenters. The summed E-state index contributed by atoms with van der Waals surface area (Å²) in [6.45, 7) is 2.03. The summed E-state index contributed by atoms with van der Waals surface area (Å²) < 4.78 is 0. The number of aliphatic hydroxyl groups is 1. The van der Waals surface area contributed by atoms with E-state index in [4.69, 9.17) is 5.11 Å². The molecule has 1 aromatic rings. The van der Waals surface area contributed by atoms with E-state index in [1.165, 1.54) is 4.88 Å². The van der Waals surface area contributed by atoms with Crippen molar-refractivity contribution in [3.63, 3.8) is 0 Å². The molecule has 1 heterocycles. The van der Waals surface area contributed by atoms with Gasteiger partial charge in [-0.1, -0.05) is 6.07 Å². The van der Waals surface area contributed by atoms with Crippen LogP contribution in [-0.2, 0) is 11.2 Å². The van der Waals surface area contributed by atoms with Crippen molar-refractivity contribution < 1.29 is 9.90 Å². The van der Waals surface area contributed by atoms with Crippen LogP contribution in [0.2, 0.25) is 0 Å². The van der Waals surface area contributed by atoms with Gasteiger partial charge in [-0.3, -0.25) is 4.79 Å². The predicted molar refractivity (Wildman–Crippen MR) is 66.6 cm³/mol. The third-order valence-corrected chi connectivity index (χ3v) is 3.31. The number of rotatable bonds is 7. The second-order valence-corrected chi connectivity index (χ2v) is 4.95. The number of hydrogen-bond acceptors (Lipinski definition) is 3. The third kappa shape index (κ3) is 5.28. The van der Waals surface area contributed by atoms with Crippen LogP contribution >= 0.6 is 11.3 Å². The summed E-state index contributed by atoms with van der Waals surface area (Å²) in [5.74, 6) is 0.0810. The van der Waals surface area contributed by atoms with Gasteiger partial charge >= 0.3 is 0 Å². The van der Waals surface area contributed by atoms with E-state index in [0.29, 0.717) is 12.8 Å². The largest absolute Gasteiger partial charge is 0.396 e. The number of hydrogen-bond donors (Lipinski definition) is 2. The van der Waals surface area contributed by atoms with Crippen LogP contribution in [0, 0.1) is 0 Å². The molecule has 0 radical (unpaired) electrons. The van der Waals surface area contributed by atoms with E-state index in [9.17, 15) is 4.79 Å². The topological polar surface area (TPSA) is 49.3 Å². The Morgan fingerprint density at radius 1 is 1.62 bits per heavy atom. The lowest BCUT2D eigenvalue weighted by atomic mass is 10.2. The second kappa shape index (κ2) is 7.41. The molecule has 0 bridgehead atoms. The normalized spacial score (nSPS) is 12.4. The molecule has 0 saturated carbocycles. The first-order chi connectivity index (χ1) is 7.72. The lowest BCUT2D eigenvalue weighted by molar-refractivity contribution is -0.121. The van der Waals surface area contributed by atoms with Gasteiger partial charge in [0, 0.05) is 23.9 Å². The predicted octanol–water partition coefficient (Wildman–Crippen LogP) is 1.96. The van der Waals surface area contributed by atoms with E-state index < -0.39 is 0 Å². The maximum absolute atomic E-state index is 11.5. The van der Waals surface area contributed by atoms with Crippen LogP contribution in [0.1, 0.15) is 31.1 Å². The highest BCUT2D eigenvalue weighted by molar-refractivity contribution is 7.09. The Morgan fingerprint density at radius 3 is 3.06 bits per heavy atom. The second-order valence-electron chi connectivity index (χ2n) is 3.91. The molecular formula is C12H19NO2S. The van der Waals surface area contributed by atoms with Crippen LogP contribution < -0.4 is 5.32 Å². The summed E-state index contributed by atoms with van der Waals surface area (Å²) >= 11 is 1.73. The maximum Gasteiger partial charge on any atom is 0.220 e. The first-order valence-electron chi connectivity index (χ1n) is 5.65. The standard InChI is InChI=1S/C12H19NO2S/c1-10(7-8-14)13-12(15)6-2-4-11-5-3-9-16-11/h3,5,9-10,14H,2,4,6-8H2,1H3,(H,13,15). The number of carbonyl (C=O) groups is 1. The molecule has 1 rings (SSSR count). The van der Waals surface area contributed by atoms with Gasteiger partial charge in [0.1, 0.15) is 0 Å². The Balaban J connectivity index is 2.10. The molecule has 0 aliphatic carbocycles. The minimum Gasteiger partial charge on any atom is -0.396 e. The lowest BCUT2D eigenvalue weighted by Crippen LogP contribution is -2.32. The number of amides is 1. The van der Waals surface area contributed by atoms with E-state index in [1.807, 2.05) is 13.0 Å². The molecule has 0 fully saturated rings. The van der Waals surface area contributed by atoms with E-state index >= 15 is 0 Å². The minimum absolute atomic E-state index is 0.0687. The fraction of sp³-hybridized carbons (Fsp3) is 0.583. The molecule has 2 N–H and O–H groups in total. The van der Waals surface area contributed by atoms with E-state index in [-0.39, 0.29) is 18.6 Å². The van der Waals surface area contributed by atoms with Crippen LogP contribution in [-0.4, -0.2) is 23.7 Å². The average Bonchev–Trinajstić information content (AvgIpc) is 2.70. The zero-order valence-electron chi connectivity index (χ0n) is 9.61. The quantitative estimate of drug-likeness (QED) is 0.766. The van der Waals surface area contributed by atoms with Gasteiger partial charge < -0.3 is 10.4 Å². The Morgan fingerprint density at radius 2 is 2.44 bits per heavy atom. The van der Waals surface area contributed by atoms with Gasteiger partial charge in [-0.15, -0.1) is 11.3 Å². The fourth-order valence-electron chi connectivity index (χ4n) is 1.49. The van der Waals surface area contributed by atoms with Crippen molar-refractivity contribution in [3.05, 3.63) is 22.4 Å². The van der Waals surface area contributed by atoms with Crippen molar-refractivity contribution in [1.29, 1.82) is 0 Å². The van der Waals surface area contributed by atoms with Gasteiger partial charge in [-0.2, -0.15) is 0 Å². The first kappa shape index (κ1) is 13.2. The van der Waals surface area contributed by atoms with Gasteiger partial charge in [0.25, 0.3) is 0 Å². The van der Waals surface area contributed by atoms with Crippen molar-refractivity contribution in [3.8, 4) is 0 Å². The lowest BCUT2D eigenvalue weighted by Gasteiger charge is -2.11. The number of carbonyl (C=O) groups excluding carboxylic acids is 1. The van der Waals surface area contributed by atoms with Crippen molar-refractivity contribution in [1.82, 2.24) is 5.32 Å². The molecule has 90 valence electrons. The highest BCUT2D eigenvalue weighted by Gasteiger charge is 2.06. The van der Waals surface area contributed by atoms with Gasteiger partial charge in [0.05, 0.1) is 0 Å². The fourth-order valence-corrected chi connectivity index (χ4v) is 2.24. The molecule has 0 spiro atoms. The highest BCUT2D eigenvalue weighted by Crippen LogP contribution is 2.11. The van der Waals surface area contributed by atoms with Gasteiger partial charge in [0.15, 0.2) is 0 Å². The van der Waals surface area contributed by atoms with Crippen LogP contribution in [0.15, 0.2) is 17.5 Å². The molecule has 0 aromatic carbocycles. The van der Waals surface area contributed by atoms with Crippen molar-refractivity contribution in [2.45, 2.75) is 38.6 Å². The zero-order chi connectivity index (χ0) is 11.8. The van der Waals surface area contributed by atoms with E-state index in [1.54, 1.807) is 11.3 Å². The molecule has 1 amide bonds. The molecule has 0 aliphatic rings. The molecule has 0 aliphatic heterocycles. The maximum atomic E-state index is 11.5. The number of nitrogens with one attached hydrogen (secondary N) is 1. The third-order valence-electron chi connectivity index (χ3n) is 2.38. The average molecular weight is 241 g/mol. The smallest absolute Gasteiger partial charge is 0.220 e. The summed E-state index contributed by atoms with van der Waals surface area (Å²) in [5.41, 5.74) is 0. The molecule has 3 nitrogen and oxygen atoms in total. The molecule has 1 aromatic heterocycles. The number of aliphatic hydroxyl groups excluding tert-OH is 1. The van der Waals surface area contributed by atoms with Crippen LogP contribution in [0.3, 0.4) is 0 Å². The summed E-state index contributed by atoms with van der Waals surface area (Å²) in [6.07, 6.45) is 3.04. The Bertz CT molecular complexity index is 298. The highest BCUT2D eigenvalue weighted by atomic mass is 32.1. The number of thiophene rings is 1. The van der Waals surface area contributed by atoms with Gasteiger partial charge in [-0.25, -0.2) is 0 Å². The van der Waals surface area contributed by atoms with Crippen LogP contribution in [0.25, 0.3) is 0 Å². The van der Waals surface area contributed by atoms with Crippen molar-refractivity contribution in [2.75, 3.05) is 6.61 Å². The molecule has 0 saturated heterocycles. The van der Waals surface area contributed by atoms with E-state index in [0.717, 1.165) is 12.8 Å². The Labute approximate surface area is 100 Å². The van der Waals surface area contributed by atoms with E-state index in [2.05, 4.69) is 16.8 Å². The van der Waals surface area contributed by atoms with Crippen molar-refractivity contribution in [2.24, 2.45) is 0 Å². The Hall–Kier alpha value is -0.870.